The van der Waals surface area contributed by atoms with E-state index in [1.807, 2.05) is 6.92 Å². The van der Waals surface area contributed by atoms with Crippen LogP contribution in [0, 0.1) is 0 Å². The van der Waals surface area contributed by atoms with Crippen LogP contribution in [0.5, 0.6) is 0 Å². The third kappa shape index (κ3) is 1.38. The Morgan fingerprint density at radius 1 is 1.67 bits per heavy atom. The van der Waals surface area contributed by atoms with E-state index in [4.69, 9.17) is 5.73 Å². The van der Waals surface area contributed by atoms with Crippen LogP contribution in [-0.2, 0) is 0 Å². The minimum Gasteiger partial charge on any atom is -0.383 e. The number of anilines is 1. The second-order valence-corrected chi connectivity index (χ2v) is 3.30. The maximum absolute atomic E-state index is 10.6. The Balaban J connectivity index is 2.76. The SMILES string of the molecule is C=C(C)c1cc2ncc(C=O)c(N)n2n1. The van der Waals surface area contributed by atoms with Gasteiger partial charge in [-0.2, -0.15) is 9.61 Å². The molecule has 0 saturated carbocycles. The molecular formula is C10H10N4O. The molecule has 0 bridgehead atoms. The van der Waals surface area contributed by atoms with Gasteiger partial charge in [0.15, 0.2) is 11.9 Å². The predicted octanol–water partition coefficient (Wildman–Crippen LogP) is 1.16. The third-order valence-electron chi connectivity index (χ3n) is 2.11. The predicted molar refractivity (Wildman–Crippen MR) is 57.5 cm³/mol. The van der Waals surface area contributed by atoms with E-state index in [2.05, 4.69) is 16.7 Å². The number of nitrogens with two attached hydrogens (primary N) is 1. The summed E-state index contributed by atoms with van der Waals surface area (Å²) in [5.74, 6) is 0.294. The van der Waals surface area contributed by atoms with Crippen LogP contribution in [0.3, 0.4) is 0 Å². The number of rotatable bonds is 2. The number of nitrogens with zero attached hydrogens (tertiary/aromatic N) is 3. The van der Waals surface area contributed by atoms with Crippen LogP contribution in [0.1, 0.15) is 23.0 Å². The number of allylic oxidation sites excluding steroid dienone is 1. The quantitative estimate of drug-likeness (QED) is 0.741. The molecule has 0 amide bonds. The lowest BCUT2D eigenvalue weighted by atomic mass is 10.2. The highest BCUT2D eigenvalue weighted by Gasteiger charge is 2.08. The molecule has 0 unspecified atom stereocenters. The van der Waals surface area contributed by atoms with Crippen molar-refractivity contribution in [1.29, 1.82) is 0 Å². The van der Waals surface area contributed by atoms with Gasteiger partial charge in [0.1, 0.15) is 5.82 Å². The first-order valence-corrected chi connectivity index (χ1v) is 4.39. The highest BCUT2D eigenvalue weighted by molar-refractivity contribution is 5.82. The maximum Gasteiger partial charge on any atom is 0.157 e. The van der Waals surface area contributed by atoms with Crippen molar-refractivity contribution >= 4 is 23.3 Å². The van der Waals surface area contributed by atoms with Crippen LogP contribution in [0.15, 0.2) is 18.8 Å². The first-order chi connectivity index (χ1) is 7.13. The summed E-state index contributed by atoms with van der Waals surface area (Å²) in [7, 11) is 0. The number of fused-ring (bicyclic) bond motifs is 1. The van der Waals surface area contributed by atoms with Gasteiger partial charge in [-0.05, 0) is 12.5 Å². The van der Waals surface area contributed by atoms with Crippen LogP contribution in [0.4, 0.5) is 5.82 Å². The summed E-state index contributed by atoms with van der Waals surface area (Å²) in [6, 6.07) is 1.77. The number of nitrogen functional groups attached to an aromatic ring is 1. The largest absolute Gasteiger partial charge is 0.383 e. The smallest absolute Gasteiger partial charge is 0.157 e. The molecule has 5 nitrogen and oxygen atoms in total. The Morgan fingerprint density at radius 2 is 2.40 bits per heavy atom. The summed E-state index contributed by atoms with van der Waals surface area (Å²) in [5.41, 5.74) is 8.23. The van der Waals surface area contributed by atoms with Crippen molar-refractivity contribution in [3.8, 4) is 0 Å². The molecule has 0 aromatic carbocycles. The molecule has 5 heteroatoms. The molecule has 0 atom stereocenters. The second-order valence-electron chi connectivity index (χ2n) is 3.30. The zero-order valence-corrected chi connectivity index (χ0v) is 8.27. The van der Waals surface area contributed by atoms with E-state index in [0.717, 1.165) is 11.3 Å². The van der Waals surface area contributed by atoms with Crippen LogP contribution < -0.4 is 5.73 Å². The zero-order valence-electron chi connectivity index (χ0n) is 8.27. The first-order valence-electron chi connectivity index (χ1n) is 4.39. The normalized spacial score (nSPS) is 10.5. The van der Waals surface area contributed by atoms with Crippen molar-refractivity contribution in [2.45, 2.75) is 6.92 Å². The molecule has 76 valence electrons. The molecule has 2 aromatic rings. The summed E-state index contributed by atoms with van der Waals surface area (Å²) in [6.07, 6.45) is 2.09. The van der Waals surface area contributed by atoms with Crippen LogP contribution in [0.25, 0.3) is 11.2 Å². The average Bonchev–Trinajstić information content (AvgIpc) is 2.63. The molecular weight excluding hydrogens is 192 g/mol. The minimum absolute atomic E-state index is 0.294. The Hall–Kier alpha value is -2.17. The fraction of sp³-hybridized carbons (Fsp3) is 0.100. The fourth-order valence-electron chi connectivity index (χ4n) is 1.26. The molecule has 0 radical (unpaired) electrons. The van der Waals surface area contributed by atoms with E-state index in [9.17, 15) is 4.79 Å². The van der Waals surface area contributed by atoms with Gasteiger partial charge < -0.3 is 5.73 Å². The number of hydrogen-bond donors (Lipinski definition) is 1. The summed E-state index contributed by atoms with van der Waals surface area (Å²) < 4.78 is 1.44. The van der Waals surface area contributed by atoms with Crippen molar-refractivity contribution in [2.75, 3.05) is 5.73 Å². The van der Waals surface area contributed by atoms with Gasteiger partial charge in [-0.15, -0.1) is 0 Å². The van der Waals surface area contributed by atoms with Crippen molar-refractivity contribution < 1.29 is 4.79 Å². The van der Waals surface area contributed by atoms with E-state index in [1.165, 1.54) is 10.7 Å². The fourth-order valence-corrected chi connectivity index (χ4v) is 1.26. The summed E-state index contributed by atoms with van der Waals surface area (Å²) in [5, 5.41) is 4.19. The molecule has 0 spiro atoms. The lowest BCUT2D eigenvalue weighted by Gasteiger charge is -1.99. The van der Waals surface area contributed by atoms with E-state index in [-0.39, 0.29) is 0 Å². The summed E-state index contributed by atoms with van der Waals surface area (Å²) >= 11 is 0. The van der Waals surface area contributed by atoms with Gasteiger partial charge in [0.2, 0.25) is 0 Å². The second kappa shape index (κ2) is 3.20. The first kappa shape index (κ1) is 9.39. The van der Waals surface area contributed by atoms with Crippen LogP contribution >= 0.6 is 0 Å². The van der Waals surface area contributed by atoms with Crippen molar-refractivity contribution in [2.24, 2.45) is 0 Å². The van der Waals surface area contributed by atoms with Gasteiger partial charge in [-0.3, -0.25) is 4.79 Å². The molecule has 2 aromatic heterocycles. The topological polar surface area (TPSA) is 73.3 Å². The van der Waals surface area contributed by atoms with Gasteiger partial charge in [0.05, 0.1) is 11.3 Å². The monoisotopic (exact) mass is 202 g/mol. The van der Waals surface area contributed by atoms with Crippen molar-refractivity contribution in [3.63, 3.8) is 0 Å². The lowest BCUT2D eigenvalue weighted by molar-refractivity contribution is 0.112. The molecule has 15 heavy (non-hydrogen) atoms. The van der Waals surface area contributed by atoms with Crippen molar-refractivity contribution in [1.82, 2.24) is 14.6 Å². The van der Waals surface area contributed by atoms with E-state index >= 15 is 0 Å². The Labute approximate surface area is 86.2 Å². The van der Waals surface area contributed by atoms with Gasteiger partial charge in [0, 0.05) is 12.3 Å². The molecule has 0 aliphatic rings. The molecule has 2 N–H and O–H groups in total. The highest BCUT2D eigenvalue weighted by Crippen LogP contribution is 2.15. The zero-order chi connectivity index (χ0) is 11.0. The molecule has 2 heterocycles. The highest BCUT2D eigenvalue weighted by atomic mass is 16.1. The molecule has 0 aliphatic heterocycles. The van der Waals surface area contributed by atoms with Gasteiger partial charge >= 0.3 is 0 Å². The van der Waals surface area contributed by atoms with Crippen LogP contribution in [0.2, 0.25) is 0 Å². The standard InChI is InChI=1S/C10H10N4O/c1-6(2)8-3-9-12-4-7(5-15)10(11)14(9)13-8/h3-5H,1,11H2,2H3. The maximum atomic E-state index is 10.6. The molecule has 0 saturated heterocycles. The van der Waals surface area contributed by atoms with E-state index < -0.39 is 0 Å². The average molecular weight is 202 g/mol. The molecule has 0 fully saturated rings. The van der Waals surface area contributed by atoms with Gasteiger partial charge in [-0.25, -0.2) is 4.98 Å². The van der Waals surface area contributed by atoms with Gasteiger partial charge in [0.25, 0.3) is 0 Å². The van der Waals surface area contributed by atoms with Crippen molar-refractivity contribution in [3.05, 3.63) is 30.1 Å². The van der Waals surface area contributed by atoms with Gasteiger partial charge in [-0.1, -0.05) is 6.58 Å². The number of aldehydes is 1. The summed E-state index contributed by atoms with van der Waals surface area (Å²) in [6.45, 7) is 5.62. The Kier molecular flexibility index (Phi) is 2.00. The molecule has 2 rings (SSSR count). The minimum atomic E-state index is 0.294. The number of hydrogen-bond acceptors (Lipinski definition) is 4. The van der Waals surface area contributed by atoms with E-state index in [0.29, 0.717) is 23.3 Å². The summed E-state index contributed by atoms with van der Waals surface area (Å²) in [4.78, 5) is 14.7. The lowest BCUT2D eigenvalue weighted by Crippen LogP contribution is -2.04. The Bertz CT molecular complexity index is 556. The number of carbonyl (C=O) groups excluding carboxylic acids is 1. The van der Waals surface area contributed by atoms with E-state index in [1.54, 1.807) is 6.07 Å². The Morgan fingerprint density at radius 3 is 3.00 bits per heavy atom. The van der Waals surface area contributed by atoms with Crippen LogP contribution in [-0.4, -0.2) is 20.9 Å². The molecule has 0 aliphatic carbocycles. The number of aromatic nitrogens is 3. The number of carbonyl (C=O) groups is 1. The third-order valence-corrected chi connectivity index (χ3v) is 2.11.